The summed E-state index contributed by atoms with van der Waals surface area (Å²) in [6, 6.07) is 52.8. The van der Waals surface area contributed by atoms with E-state index in [2.05, 4.69) is 144 Å². The van der Waals surface area contributed by atoms with E-state index in [1.165, 1.54) is 65.0 Å². The number of aromatic nitrogens is 4. The molecule has 4 heteroatoms. The van der Waals surface area contributed by atoms with Crippen LogP contribution < -0.4 is 0 Å². The van der Waals surface area contributed by atoms with Gasteiger partial charge in [0.05, 0.1) is 11.0 Å². The third kappa shape index (κ3) is 4.21. The molecule has 0 unspecified atom stereocenters. The third-order valence-corrected chi connectivity index (χ3v) is 13.4. The minimum atomic E-state index is 0.143. The Balaban J connectivity index is 1.03. The van der Waals surface area contributed by atoms with Crippen molar-refractivity contribution in [2.75, 3.05) is 0 Å². The number of fused-ring (bicyclic) bond motifs is 6. The average Bonchev–Trinajstić information content (AvgIpc) is 3.70. The van der Waals surface area contributed by atoms with Gasteiger partial charge in [0.15, 0.2) is 17.5 Å². The smallest absolute Gasteiger partial charge is 0.164 e. The Morgan fingerprint density at radius 3 is 1.68 bits per heavy atom. The molecular weight excluding hydrogens is 645 g/mol. The molecule has 4 nitrogen and oxygen atoms in total. The molecule has 4 saturated carbocycles. The molecule has 5 aliphatic rings. The van der Waals surface area contributed by atoms with Crippen molar-refractivity contribution in [1.29, 1.82) is 0 Å². The molecular formula is C49H38N4. The van der Waals surface area contributed by atoms with Crippen LogP contribution in [0.25, 0.3) is 72.8 Å². The molecule has 2 aromatic heterocycles. The maximum atomic E-state index is 5.27. The summed E-state index contributed by atoms with van der Waals surface area (Å²) in [6.45, 7) is 0. The molecule has 53 heavy (non-hydrogen) atoms. The van der Waals surface area contributed by atoms with Crippen molar-refractivity contribution in [3.05, 3.63) is 157 Å². The van der Waals surface area contributed by atoms with Crippen LogP contribution >= 0.6 is 0 Å². The van der Waals surface area contributed by atoms with E-state index in [9.17, 15) is 0 Å². The molecule has 13 rings (SSSR count). The molecule has 254 valence electrons. The Hall–Kier alpha value is -5.87. The first-order chi connectivity index (χ1) is 26.2. The number of hydrogen-bond donors (Lipinski definition) is 0. The van der Waals surface area contributed by atoms with Gasteiger partial charge >= 0.3 is 0 Å². The largest absolute Gasteiger partial charge is 0.309 e. The van der Waals surface area contributed by atoms with Crippen LogP contribution in [0.3, 0.4) is 0 Å². The monoisotopic (exact) mass is 682 g/mol. The minimum Gasteiger partial charge on any atom is -0.309 e. The number of benzene rings is 6. The summed E-state index contributed by atoms with van der Waals surface area (Å²) in [5, 5.41) is 2.49. The quantitative estimate of drug-likeness (QED) is 0.186. The minimum absolute atomic E-state index is 0.143. The molecule has 6 aromatic carbocycles. The normalized spacial score (nSPS) is 23.5. The fourth-order valence-electron chi connectivity index (χ4n) is 11.6. The van der Waals surface area contributed by atoms with E-state index in [1.807, 2.05) is 6.07 Å². The second kappa shape index (κ2) is 11.1. The SMILES string of the molecule is c1ccc(-c2nc(-c3cccc(-n4c5ccccc5c5ccccc54)c3)nc(-c3ccc4c(c3)-c3ccccc3C43C4CC5CC(C4)CC3C5)n2)cc1. The molecule has 0 saturated heterocycles. The molecule has 2 heterocycles. The van der Waals surface area contributed by atoms with Crippen molar-refractivity contribution in [1.82, 2.24) is 19.5 Å². The highest BCUT2D eigenvalue weighted by atomic mass is 15.0. The molecule has 8 aromatic rings. The molecule has 1 spiro atoms. The number of rotatable bonds is 4. The van der Waals surface area contributed by atoms with Crippen LogP contribution in [0.4, 0.5) is 0 Å². The van der Waals surface area contributed by atoms with Crippen LogP contribution in [0.2, 0.25) is 0 Å². The Morgan fingerprint density at radius 1 is 0.434 bits per heavy atom. The fraction of sp³-hybridized carbons (Fsp3) is 0.204. The third-order valence-electron chi connectivity index (χ3n) is 13.4. The predicted octanol–water partition coefficient (Wildman–Crippen LogP) is 11.7. The van der Waals surface area contributed by atoms with Gasteiger partial charge in [-0.15, -0.1) is 0 Å². The second-order valence-corrected chi connectivity index (χ2v) is 16.1. The van der Waals surface area contributed by atoms with Crippen molar-refractivity contribution in [3.8, 4) is 51.0 Å². The molecule has 0 aliphatic heterocycles. The van der Waals surface area contributed by atoms with Gasteiger partial charge < -0.3 is 4.57 Å². The highest BCUT2D eigenvalue weighted by Crippen LogP contribution is 2.69. The van der Waals surface area contributed by atoms with Crippen LogP contribution in [0.15, 0.2) is 146 Å². The zero-order valence-electron chi connectivity index (χ0n) is 29.5. The summed E-state index contributed by atoms with van der Waals surface area (Å²) in [7, 11) is 0. The molecule has 5 aliphatic carbocycles. The van der Waals surface area contributed by atoms with Gasteiger partial charge in [-0.3, -0.25) is 0 Å². The Bertz CT molecular complexity index is 2680. The van der Waals surface area contributed by atoms with Crippen LogP contribution in [0.1, 0.15) is 43.2 Å². The van der Waals surface area contributed by atoms with Gasteiger partial charge in [-0.25, -0.2) is 15.0 Å². The van der Waals surface area contributed by atoms with Crippen LogP contribution in [0, 0.1) is 23.7 Å². The summed E-state index contributed by atoms with van der Waals surface area (Å²) >= 11 is 0. The van der Waals surface area contributed by atoms with Crippen molar-refractivity contribution < 1.29 is 0 Å². The highest BCUT2D eigenvalue weighted by Gasteiger charge is 2.61. The lowest BCUT2D eigenvalue weighted by Crippen LogP contribution is -2.55. The van der Waals surface area contributed by atoms with Crippen LogP contribution in [-0.2, 0) is 5.41 Å². The Kier molecular flexibility index (Phi) is 6.20. The fourth-order valence-corrected chi connectivity index (χ4v) is 11.6. The van der Waals surface area contributed by atoms with Crippen LogP contribution in [-0.4, -0.2) is 19.5 Å². The van der Waals surface area contributed by atoms with Crippen molar-refractivity contribution in [2.45, 2.75) is 37.5 Å². The van der Waals surface area contributed by atoms with E-state index in [1.54, 1.807) is 11.1 Å². The van der Waals surface area contributed by atoms with E-state index in [0.29, 0.717) is 17.5 Å². The van der Waals surface area contributed by atoms with E-state index in [0.717, 1.165) is 46.0 Å². The molecule has 0 amide bonds. The van der Waals surface area contributed by atoms with Crippen molar-refractivity contribution >= 4 is 21.8 Å². The first-order valence-electron chi connectivity index (χ1n) is 19.4. The number of para-hydroxylation sites is 2. The Morgan fingerprint density at radius 2 is 0.981 bits per heavy atom. The van der Waals surface area contributed by atoms with Crippen molar-refractivity contribution in [2.24, 2.45) is 23.7 Å². The lowest BCUT2D eigenvalue weighted by atomic mass is 9.43. The zero-order valence-corrected chi connectivity index (χ0v) is 29.5. The Labute approximate surface area is 309 Å². The predicted molar refractivity (Wildman–Crippen MR) is 214 cm³/mol. The summed E-state index contributed by atoms with van der Waals surface area (Å²) in [6.07, 6.45) is 6.99. The first-order valence-corrected chi connectivity index (χ1v) is 19.4. The van der Waals surface area contributed by atoms with E-state index in [4.69, 9.17) is 15.0 Å². The number of hydrogen-bond acceptors (Lipinski definition) is 3. The van der Waals surface area contributed by atoms with Gasteiger partial charge in [0.25, 0.3) is 0 Å². The highest BCUT2D eigenvalue weighted by molar-refractivity contribution is 6.09. The second-order valence-electron chi connectivity index (χ2n) is 16.1. The van der Waals surface area contributed by atoms with Gasteiger partial charge in [0.2, 0.25) is 0 Å². The summed E-state index contributed by atoms with van der Waals surface area (Å²) < 4.78 is 2.35. The van der Waals surface area contributed by atoms with Crippen LogP contribution in [0.5, 0.6) is 0 Å². The lowest BCUT2D eigenvalue weighted by Gasteiger charge is -2.61. The average molecular weight is 683 g/mol. The molecule has 4 fully saturated rings. The summed E-state index contributed by atoms with van der Waals surface area (Å²) in [5.41, 5.74) is 12.5. The summed E-state index contributed by atoms with van der Waals surface area (Å²) in [4.78, 5) is 15.6. The molecule has 0 N–H and O–H groups in total. The van der Waals surface area contributed by atoms with E-state index in [-0.39, 0.29) is 5.41 Å². The zero-order chi connectivity index (χ0) is 34.7. The lowest BCUT2D eigenvalue weighted by molar-refractivity contribution is -0.0399. The summed E-state index contributed by atoms with van der Waals surface area (Å²) in [5.74, 6) is 5.40. The standard InChI is InChI=1S/C49H38N4/c1-2-11-32(12-3-1)46-50-47(33-13-10-14-37(28-33)53-44-19-8-5-16-39(44)40-17-6-9-20-45(40)53)52-48(51-46)34-21-22-43-41(29-34)38-15-4-7-18-42(38)49(43)35-24-30-23-31(26-35)27-36(49)25-30/h1-22,28-31,35-36H,23-27H2. The van der Waals surface area contributed by atoms with Crippen molar-refractivity contribution in [3.63, 3.8) is 0 Å². The molecule has 0 radical (unpaired) electrons. The first kappa shape index (κ1) is 29.7. The topological polar surface area (TPSA) is 43.6 Å². The van der Waals surface area contributed by atoms with Gasteiger partial charge in [-0.1, -0.05) is 115 Å². The van der Waals surface area contributed by atoms with E-state index >= 15 is 0 Å². The van der Waals surface area contributed by atoms with Gasteiger partial charge in [-0.05, 0) is 108 Å². The molecule has 0 atom stereocenters. The van der Waals surface area contributed by atoms with Gasteiger partial charge in [0.1, 0.15) is 0 Å². The maximum Gasteiger partial charge on any atom is 0.164 e. The van der Waals surface area contributed by atoms with Gasteiger partial charge in [0, 0.05) is 38.6 Å². The molecule has 4 bridgehead atoms. The maximum absolute atomic E-state index is 5.27. The van der Waals surface area contributed by atoms with Gasteiger partial charge in [-0.2, -0.15) is 0 Å². The number of nitrogens with zero attached hydrogens (tertiary/aromatic N) is 4. The van der Waals surface area contributed by atoms with E-state index < -0.39 is 0 Å².